The van der Waals surface area contributed by atoms with Gasteiger partial charge in [0.05, 0.1) is 19.9 Å². The van der Waals surface area contributed by atoms with Crippen molar-refractivity contribution in [2.75, 3.05) is 19.5 Å². The van der Waals surface area contributed by atoms with Gasteiger partial charge >= 0.3 is 0 Å². The van der Waals surface area contributed by atoms with Gasteiger partial charge in [0.15, 0.2) is 5.13 Å². The number of methoxy groups -OCH3 is 2. The predicted molar refractivity (Wildman–Crippen MR) is 123 cm³/mol. The molecule has 0 saturated carbocycles. The van der Waals surface area contributed by atoms with Crippen molar-refractivity contribution in [3.8, 4) is 22.8 Å². The monoisotopic (exact) mass is 424 g/mol. The average Bonchev–Trinajstić information content (AvgIpc) is 3.20. The Labute approximate surface area is 176 Å². The molecule has 1 heterocycles. The molecule has 1 N–H and O–H groups in total. The Morgan fingerprint density at radius 2 is 1.90 bits per heavy atom. The second-order valence-electron chi connectivity index (χ2n) is 5.98. The van der Waals surface area contributed by atoms with E-state index in [9.17, 15) is 4.79 Å². The summed E-state index contributed by atoms with van der Waals surface area (Å²) in [4.78, 5) is 16.6. The maximum absolute atomic E-state index is 12.1. The Bertz CT molecular complexity index is 1040. The number of ether oxygens (including phenoxy) is 2. The van der Waals surface area contributed by atoms with Gasteiger partial charge in [0.2, 0.25) is 5.91 Å². The van der Waals surface area contributed by atoms with Crippen LogP contribution >= 0.6 is 20.6 Å². The first-order chi connectivity index (χ1) is 14.1. The van der Waals surface area contributed by atoms with E-state index in [-0.39, 0.29) is 5.91 Å². The van der Waals surface area contributed by atoms with Crippen LogP contribution in [0.4, 0.5) is 5.13 Å². The molecule has 1 unspecified atom stereocenters. The van der Waals surface area contributed by atoms with Crippen molar-refractivity contribution >= 4 is 43.0 Å². The third kappa shape index (κ3) is 5.76. The number of benzene rings is 2. The largest absolute Gasteiger partial charge is 0.497 e. The molecule has 0 fully saturated rings. The maximum Gasteiger partial charge on any atom is 0.250 e. The second-order valence-corrected chi connectivity index (χ2v) is 7.46. The average molecular weight is 424 g/mol. The lowest BCUT2D eigenvalue weighted by Crippen LogP contribution is -2.07. The third-order valence-electron chi connectivity index (χ3n) is 4.03. The topological polar surface area (TPSA) is 60.5 Å². The first-order valence-corrected chi connectivity index (χ1v) is 10.2. The zero-order chi connectivity index (χ0) is 20.6. The summed E-state index contributed by atoms with van der Waals surface area (Å²) in [7, 11) is 5.90. The predicted octanol–water partition coefficient (Wildman–Crippen LogP) is 4.54. The van der Waals surface area contributed by atoms with Gasteiger partial charge in [0.25, 0.3) is 0 Å². The number of amides is 1. The van der Waals surface area contributed by atoms with Crippen LogP contribution in [0.1, 0.15) is 5.56 Å². The van der Waals surface area contributed by atoms with Gasteiger partial charge in [-0.2, -0.15) is 0 Å². The third-order valence-corrected chi connectivity index (χ3v) is 5.26. The van der Waals surface area contributed by atoms with E-state index in [2.05, 4.69) is 19.5 Å². The van der Waals surface area contributed by atoms with Crippen LogP contribution in [0, 0.1) is 0 Å². The van der Waals surface area contributed by atoms with E-state index >= 15 is 0 Å². The quantitative estimate of drug-likeness (QED) is 0.344. The number of aromatic nitrogens is 1. The number of carbonyl (C=O) groups excluding carboxylic acids is 1. The molecule has 0 saturated heterocycles. The normalized spacial score (nSPS) is 11.1. The van der Waals surface area contributed by atoms with Crippen molar-refractivity contribution in [2.24, 2.45) is 0 Å². The van der Waals surface area contributed by atoms with E-state index in [1.54, 1.807) is 20.3 Å². The summed E-state index contributed by atoms with van der Waals surface area (Å²) in [6.07, 6.45) is 6.86. The van der Waals surface area contributed by atoms with Gasteiger partial charge in [-0.05, 0) is 35.9 Å². The molecule has 0 aliphatic carbocycles. The number of nitrogens with zero attached hydrogens (tertiary/aromatic N) is 1. The Morgan fingerprint density at radius 1 is 1.10 bits per heavy atom. The highest BCUT2D eigenvalue weighted by Crippen LogP contribution is 2.26. The smallest absolute Gasteiger partial charge is 0.250 e. The van der Waals surface area contributed by atoms with Crippen molar-refractivity contribution in [1.29, 1.82) is 0 Å². The van der Waals surface area contributed by atoms with E-state index in [0.717, 1.165) is 33.6 Å². The number of anilines is 1. The van der Waals surface area contributed by atoms with Crippen LogP contribution in [0.3, 0.4) is 0 Å². The van der Waals surface area contributed by atoms with Crippen LogP contribution in [-0.2, 0) is 4.79 Å². The lowest BCUT2D eigenvalue weighted by atomic mass is 10.2. The van der Waals surface area contributed by atoms with Crippen molar-refractivity contribution in [2.45, 2.75) is 0 Å². The van der Waals surface area contributed by atoms with E-state index in [0.29, 0.717) is 5.13 Å². The highest BCUT2D eigenvalue weighted by molar-refractivity contribution is 7.27. The molecule has 0 aliphatic heterocycles. The Balaban J connectivity index is 1.57. The molecule has 0 aliphatic rings. The second kappa shape index (κ2) is 10.0. The fourth-order valence-electron chi connectivity index (χ4n) is 2.51. The molecule has 148 valence electrons. The van der Waals surface area contributed by atoms with Crippen LogP contribution in [-0.4, -0.2) is 25.1 Å². The summed E-state index contributed by atoms with van der Waals surface area (Å²) in [5, 5.41) is 6.23. The first kappa shape index (κ1) is 20.8. The number of carbonyl (C=O) groups is 1. The zero-order valence-corrected chi connectivity index (χ0v) is 18.1. The fraction of sp³-hybridized carbons (Fsp3) is 0.0909. The van der Waals surface area contributed by atoms with Crippen molar-refractivity contribution in [3.05, 3.63) is 71.6 Å². The number of hydrogen-bond donors (Lipinski definition) is 1. The van der Waals surface area contributed by atoms with Gasteiger partial charge in [-0.1, -0.05) is 30.4 Å². The van der Waals surface area contributed by atoms with Crippen LogP contribution in [0.25, 0.3) is 17.3 Å². The molecule has 2 aromatic carbocycles. The fourth-order valence-corrected chi connectivity index (χ4v) is 3.53. The Hall–Kier alpha value is -2.95. The minimum absolute atomic E-state index is 0.233. The minimum Gasteiger partial charge on any atom is -0.497 e. The number of nitrogens with one attached hydrogen (secondary N) is 1. The molecule has 7 heteroatoms. The Kier molecular flexibility index (Phi) is 7.17. The molecular formula is C22H21N2O3PS. The lowest BCUT2D eigenvalue weighted by Gasteiger charge is -2.04. The summed E-state index contributed by atoms with van der Waals surface area (Å²) in [5.74, 6) is 1.36. The van der Waals surface area contributed by atoms with E-state index in [1.807, 2.05) is 60.0 Å². The summed E-state index contributed by atoms with van der Waals surface area (Å²) in [6, 6.07) is 13.5. The minimum atomic E-state index is -0.233. The molecule has 0 spiro atoms. The van der Waals surface area contributed by atoms with Gasteiger partial charge in [0.1, 0.15) is 11.5 Å². The zero-order valence-electron chi connectivity index (χ0n) is 16.1. The van der Waals surface area contributed by atoms with E-state index < -0.39 is 0 Å². The van der Waals surface area contributed by atoms with Gasteiger partial charge in [-0.15, -0.1) is 20.6 Å². The number of allylic oxidation sites excluding steroid dienone is 2. The molecule has 3 rings (SSSR count). The lowest BCUT2D eigenvalue weighted by molar-refractivity contribution is -0.111. The molecule has 0 radical (unpaired) electrons. The highest BCUT2D eigenvalue weighted by Gasteiger charge is 2.06. The van der Waals surface area contributed by atoms with Crippen LogP contribution in [0.5, 0.6) is 11.5 Å². The van der Waals surface area contributed by atoms with E-state index in [4.69, 9.17) is 9.47 Å². The van der Waals surface area contributed by atoms with Gasteiger partial charge in [0, 0.05) is 22.3 Å². The van der Waals surface area contributed by atoms with Gasteiger partial charge in [-0.3, -0.25) is 10.1 Å². The summed E-state index contributed by atoms with van der Waals surface area (Å²) in [5.41, 5.74) is 2.76. The first-order valence-electron chi connectivity index (χ1n) is 8.78. The summed E-state index contributed by atoms with van der Waals surface area (Å²) >= 11 is 1.38. The van der Waals surface area contributed by atoms with Crippen molar-refractivity contribution in [1.82, 2.24) is 4.98 Å². The van der Waals surface area contributed by atoms with Crippen molar-refractivity contribution < 1.29 is 14.3 Å². The Morgan fingerprint density at radius 3 is 2.62 bits per heavy atom. The molecule has 3 aromatic rings. The number of thiazole rings is 1. The number of hydrogen-bond acceptors (Lipinski definition) is 5. The van der Waals surface area contributed by atoms with E-state index in [1.165, 1.54) is 17.4 Å². The SMILES string of the molecule is COc1ccc(-c2csc(NC(=O)/C=C/C=C/c3ccc(P)c(OC)c3)n2)cc1. The van der Waals surface area contributed by atoms with Gasteiger partial charge in [-0.25, -0.2) is 4.98 Å². The standard InChI is InChI=1S/C22H21N2O3PS/c1-26-17-10-8-16(9-11-17)18-14-29-22(23-18)24-21(25)6-4-3-5-15-7-12-20(28)19(13-15)27-2/h3-14H,28H2,1-2H3,(H,23,24,25)/b5-3+,6-4+. The van der Waals surface area contributed by atoms with Gasteiger partial charge < -0.3 is 9.47 Å². The highest BCUT2D eigenvalue weighted by atomic mass is 32.1. The maximum atomic E-state index is 12.1. The molecule has 29 heavy (non-hydrogen) atoms. The molecular weight excluding hydrogens is 403 g/mol. The van der Waals surface area contributed by atoms with Crippen LogP contribution in [0.15, 0.2) is 66.1 Å². The molecule has 1 amide bonds. The van der Waals surface area contributed by atoms with Crippen LogP contribution in [0.2, 0.25) is 0 Å². The van der Waals surface area contributed by atoms with Crippen LogP contribution < -0.4 is 20.1 Å². The number of rotatable bonds is 7. The molecule has 1 aromatic heterocycles. The summed E-state index contributed by atoms with van der Waals surface area (Å²) < 4.78 is 10.5. The summed E-state index contributed by atoms with van der Waals surface area (Å²) in [6.45, 7) is 0. The van der Waals surface area contributed by atoms with Crippen molar-refractivity contribution in [3.63, 3.8) is 0 Å². The molecule has 1 atom stereocenters. The molecule has 0 bridgehead atoms. The molecule has 5 nitrogen and oxygen atoms in total.